The summed E-state index contributed by atoms with van der Waals surface area (Å²) in [5.74, 6) is -1.29. The molecule has 2 saturated heterocycles. The summed E-state index contributed by atoms with van der Waals surface area (Å²) in [6.07, 6.45) is 2.21. The van der Waals surface area contributed by atoms with Gasteiger partial charge in [-0.25, -0.2) is 4.39 Å². The average molecular weight is 438 g/mol. The van der Waals surface area contributed by atoms with Crippen LogP contribution in [0, 0.1) is 5.82 Å². The third kappa shape index (κ3) is 3.60. The fourth-order valence-electron chi connectivity index (χ4n) is 4.59. The number of hydrogen-bond acceptors (Lipinski definition) is 6. The van der Waals surface area contributed by atoms with Crippen molar-refractivity contribution < 1.29 is 28.6 Å². The van der Waals surface area contributed by atoms with Gasteiger partial charge in [0.1, 0.15) is 11.6 Å². The van der Waals surface area contributed by atoms with E-state index in [1.807, 2.05) is 0 Å². The maximum Gasteiger partial charge on any atom is 0.295 e. The van der Waals surface area contributed by atoms with Gasteiger partial charge in [-0.1, -0.05) is 12.1 Å². The molecule has 2 aromatic carbocycles. The number of likely N-dealkylation sites (tertiary alicyclic amines) is 2. The van der Waals surface area contributed by atoms with Gasteiger partial charge in [0.15, 0.2) is 11.5 Å². The highest BCUT2D eigenvalue weighted by atomic mass is 19.1. The van der Waals surface area contributed by atoms with Crippen molar-refractivity contribution in [2.24, 2.45) is 0 Å². The Morgan fingerprint density at radius 3 is 2.59 bits per heavy atom. The normalized spacial score (nSPS) is 22.2. The molecular formula is C24H23FN2O5. The number of amides is 1. The van der Waals surface area contributed by atoms with Crippen LogP contribution in [0.25, 0.3) is 5.76 Å². The van der Waals surface area contributed by atoms with Gasteiger partial charge >= 0.3 is 0 Å². The molecule has 32 heavy (non-hydrogen) atoms. The maximum absolute atomic E-state index is 14.1. The number of ketones is 1. The second kappa shape index (κ2) is 8.27. The van der Waals surface area contributed by atoms with E-state index < -0.39 is 23.5 Å². The number of rotatable bonds is 5. The summed E-state index contributed by atoms with van der Waals surface area (Å²) in [6, 6.07) is 9.73. The summed E-state index contributed by atoms with van der Waals surface area (Å²) in [6.45, 7) is 2.90. The number of fused-ring (bicyclic) bond motifs is 1. The number of halogens is 1. The van der Waals surface area contributed by atoms with Crippen LogP contribution in [0.2, 0.25) is 0 Å². The predicted molar refractivity (Wildman–Crippen MR) is 114 cm³/mol. The van der Waals surface area contributed by atoms with Crippen LogP contribution >= 0.6 is 0 Å². The monoisotopic (exact) mass is 438 g/mol. The molecule has 0 saturated carbocycles. The number of Topliss-reactive ketones (excluding diaryl/α,β-unsaturated/α-hetero) is 1. The summed E-state index contributed by atoms with van der Waals surface area (Å²) in [5, 5.41) is 11.1. The number of aliphatic hydroxyl groups excluding tert-OH is 1. The zero-order valence-electron chi connectivity index (χ0n) is 17.4. The Hall–Kier alpha value is -3.39. The Morgan fingerprint density at radius 1 is 1.03 bits per heavy atom. The van der Waals surface area contributed by atoms with Gasteiger partial charge in [0.2, 0.25) is 6.79 Å². The fourth-order valence-corrected chi connectivity index (χ4v) is 4.59. The molecule has 8 heteroatoms. The van der Waals surface area contributed by atoms with E-state index in [2.05, 4.69) is 4.90 Å². The Labute approximate surface area is 184 Å². The summed E-state index contributed by atoms with van der Waals surface area (Å²) in [7, 11) is 0. The number of ether oxygens (including phenoxy) is 2. The molecule has 1 atom stereocenters. The maximum atomic E-state index is 14.1. The van der Waals surface area contributed by atoms with Crippen LogP contribution in [0.15, 0.2) is 48.0 Å². The Kier molecular flexibility index (Phi) is 5.30. The molecule has 2 aromatic rings. The first-order chi connectivity index (χ1) is 15.5. The number of nitrogens with zero attached hydrogens (tertiary/aromatic N) is 2. The molecule has 0 radical (unpaired) electrons. The lowest BCUT2D eigenvalue weighted by atomic mass is 9.95. The van der Waals surface area contributed by atoms with Crippen molar-refractivity contribution in [3.63, 3.8) is 0 Å². The number of carbonyl (C=O) groups excluding carboxylic acids is 2. The highest BCUT2D eigenvalue weighted by Gasteiger charge is 2.46. The average Bonchev–Trinajstić information content (AvgIpc) is 3.52. The summed E-state index contributed by atoms with van der Waals surface area (Å²) < 4.78 is 24.7. The third-order valence-corrected chi connectivity index (χ3v) is 6.21. The van der Waals surface area contributed by atoms with E-state index >= 15 is 0 Å². The quantitative estimate of drug-likeness (QED) is 0.439. The van der Waals surface area contributed by atoms with E-state index in [0.29, 0.717) is 35.7 Å². The minimum Gasteiger partial charge on any atom is -0.507 e. The summed E-state index contributed by atoms with van der Waals surface area (Å²) in [5.41, 5.74) is 0.710. The van der Waals surface area contributed by atoms with Gasteiger partial charge < -0.3 is 24.4 Å². The number of carbonyl (C=O) groups is 2. The van der Waals surface area contributed by atoms with Gasteiger partial charge in [0, 0.05) is 18.7 Å². The molecule has 3 aliphatic rings. The van der Waals surface area contributed by atoms with E-state index in [1.165, 1.54) is 23.1 Å². The molecule has 2 fully saturated rings. The van der Waals surface area contributed by atoms with Crippen LogP contribution < -0.4 is 9.47 Å². The molecule has 0 bridgehead atoms. The molecule has 7 nitrogen and oxygen atoms in total. The van der Waals surface area contributed by atoms with Crippen LogP contribution in [-0.2, 0) is 9.59 Å². The van der Waals surface area contributed by atoms with Gasteiger partial charge in [-0.3, -0.25) is 9.59 Å². The Morgan fingerprint density at radius 2 is 1.81 bits per heavy atom. The van der Waals surface area contributed by atoms with Crippen LogP contribution in [-0.4, -0.2) is 59.6 Å². The van der Waals surface area contributed by atoms with E-state index in [9.17, 15) is 19.1 Å². The first-order valence-electron chi connectivity index (χ1n) is 10.7. The van der Waals surface area contributed by atoms with Crippen molar-refractivity contribution in [2.75, 3.05) is 33.0 Å². The molecule has 1 N–H and O–H groups in total. The molecular weight excluding hydrogens is 415 g/mol. The first kappa shape index (κ1) is 20.5. The Bertz CT molecular complexity index is 1110. The van der Waals surface area contributed by atoms with Crippen LogP contribution in [0.1, 0.15) is 30.0 Å². The SMILES string of the molecule is O=C1C(=O)N(CCN2CCCC2)C(c2cccc(F)c2)/C1=C(\O)c1ccc2c(c1)OCO2. The summed E-state index contributed by atoms with van der Waals surface area (Å²) in [4.78, 5) is 29.7. The molecule has 1 unspecified atom stereocenters. The molecule has 5 rings (SSSR count). The smallest absolute Gasteiger partial charge is 0.295 e. The minimum absolute atomic E-state index is 0.0547. The highest BCUT2D eigenvalue weighted by Crippen LogP contribution is 2.41. The van der Waals surface area contributed by atoms with Crippen molar-refractivity contribution in [2.45, 2.75) is 18.9 Å². The third-order valence-electron chi connectivity index (χ3n) is 6.21. The van der Waals surface area contributed by atoms with Crippen molar-refractivity contribution in [3.05, 3.63) is 65.0 Å². The van der Waals surface area contributed by atoms with Crippen molar-refractivity contribution in [1.29, 1.82) is 0 Å². The standard InChI is InChI=1S/C24H23FN2O5/c25-17-5-3-4-15(12-17)21-20(22(28)16-6-7-18-19(13-16)32-14-31-18)23(29)24(30)27(21)11-10-26-8-1-2-9-26/h3-7,12-13,21,28H,1-2,8-11,14H2/b22-20+. The van der Waals surface area contributed by atoms with Crippen molar-refractivity contribution >= 4 is 17.4 Å². The zero-order valence-corrected chi connectivity index (χ0v) is 17.4. The molecule has 0 aliphatic carbocycles. The van der Waals surface area contributed by atoms with Crippen LogP contribution in [0.5, 0.6) is 11.5 Å². The molecule has 3 heterocycles. The number of benzene rings is 2. The molecule has 166 valence electrons. The van der Waals surface area contributed by atoms with E-state index in [1.54, 1.807) is 24.3 Å². The van der Waals surface area contributed by atoms with Crippen LogP contribution in [0.4, 0.5) is 4.39 Å². The van der Waals surface area contributed by atoms with E-state index in [-0.39, 0.29) is 18.1 Å². The van der Waals surface area contributed by atoms with Crippen LogP contribution in [0.3, 0.4) is 0 Å². The molecule has 3 aliphatic heterocycles. The lowest BCUT2D eigenvalue weighted by molar-refractivity contribution is -0.140. The topological polar surface area (TPSA) is 79.3 Å². The minimum atomic E-state index is -0.876. The highest BCUT2D eigenvalue weighted by molar-refractivity contribution is 6.46. The second-order valence-corrected chi connectivity index (χ2v) is 8.16. The van der Waals surface area contributed by atoms with E-state index in [4.69, 9.17) is 9.47 Å². The van der Waals surface area contributed by atoms with Gasteiger partial charge in [-0.05, 0) is 61.8 Å². The fraction of sp³-hybridized carbons (Fsp3) is 0.333. The summed E-state index contributed by atoms with van der Waals surface area (Å²) >= 11 is 0. The van der Waals surface area contributed by atoms with Crippen molar-refractivity contribution in [3.8, 4) is 11.5 Å². The van der Waals surface area contributed by atoms with Gasteiger partial charge in [-0.15, -0.1) is 0 Å². The van der Waals surface area contributed by atoms with Crippen molar-refractivity contribution in [1.82, 2.24) is 9.80 Å². The number of aliphatic hydroxyl groups is 1. The first-order valence-corrected chi connectivity index (χ1v) is 10.7. The van der Waals surface area contributed by atoms with Gasteiger partial charge in [-0.2, -0.15) is 0 Å². The van der Waals surface area contributed by atoms with Gasteiger partial charge in [0.25, 0.3) is 11.7 Å². The molecule has 1 amide bonds. The zero-order chi connectivity index (χ0) is 22.2. The Balaban J connectivity index is 1.56. The van der Waals surface area contributed by atoms with Gasteiger partial charge in [0.05, 0.1) is 11.6 Å². The predicted octanol–water partition coefficient (Wildman–Crippen LogP) is 3.07. The number of hydrogen-bond donors (Lipinski definition) is 1. The largest absolute Gasteiger partial charge is 0.507 e. The lowest BCUT2D eigenvalue weighted by Crippen LogP contribution is -2.37. The second-order valence-electron chi connectivity index (χ2n) is 8.16. The molecule has 0 spiro atoms. The lowest BCUT2D eigenvalue weighted by Gasteiger charge is -2.27. The van der Waals surface area contributed by atoms with E-state index in [0.717, 1.165) is 25.9 Å². The molecule has 0 aromatic heterocycles.